The van der Waals surface area contributed by atoms with Crippen molar-refractivity contribution in [3.8, 4) is 11.3 Å². The van der Waals surface area contributed by atoms with Gasteiger partial charge in [0.2, 0.25) is 0 Å². The average Bonchev–Trinajstić information content (AvgIpc) is 3.55. The highest BCUT2D eigenvalue weighted by Crippen LogP contribution is 2.33. The predicted octanol–water partition coefficient (Wildman–Crippen LogP) is 4.74. The molecule has 1 amide bonds. The van der Waals surface area contributed by atoms with Gasteiger partial charge in [0.05, 0.1) is 29.4 Å². The number of nitrogens with one attached hydrogen (secondary N) is 3. The average molecular weight is 556 g/mol. The minimum absolute atomic E-state index is 0.193. The summed E-state index contributed by atoms with van der Waals surface area (Å²) in [4.78, 5) is 28.8. The van der Waals surface area contributed by atoms with Gasteiger partial charge in [-0.25, -0.2) is 5.10 Å². The largest absolute Gasteiger partial charge is 0.380 e. The number of carbonyl (C=O) groups excluding carboxylic acids is 1. The lowest BCUT2D eigenvalue weighted by Crippen LogP contribution is -2.30. The van der Waals surface area contributed by atoms with Crippen molar-refractivity contribution >= 4 is 44.5 Å². The third-order valence-corrected chi connectivity index (χ3v) is 8.03. The third kappa shape index (κ3) is 5.14. The highest BCUT2D eigenvalue weighted by Gasteiger charge is 2.20. The van der Waals surface area contributed by atoms with Gasteiger partial charge in [0, 0.05) is 47.8 Å². The summed E-state index contributed by atoms with van der Waals surface area (Å²) in [6, 6.07) is 17.4. The molecule has 1 aliphatic heterocycles. The van der Waals surface area contributed by atoms with Crippen molar-refractivity contribution in [3.63, 3.8) is 0 Å². The Labute approximate surface area is 234 Å². The van der Waals surface area contributed by atoms with Crippen molar-refractivity contribution in [2.75, 3.05) is 31.3 Å². The lowest BCUT2D eigenvalue weighted by Gasteiger charge is -2.22. The summed E-state index contributed by atoms with van der Waals surface area (Å²) in [5.74, 6) is 0.409. The second-order valence-electron chi connectivity index (χ2n) is 9.98. The molecule has 3 aromatic heterocycles. The number of anilines is 3. The van der Waals surface area contributed by atoms with E-state index in [-0.39, 0.29) is 18.1 Å². The monoisotopic (exact) mass is 555 g/mol. The van der Waals surface area contributed by atoms with E-state index in [9.17, 15) is 9.59 Å². The van der Waals surface area contributed by atoms with Gasteiger partial charge in [0.15, 0.2) is 5.82 Å². The van der Waals surface area contributed by atoms with E-state index in [0.29, 0.717) is 27.8 Å². The number of H-pyrrole nitrogens is 1. The molecule has 10 nitrogen and oxygen atoms in total. The Morgan fingerprint density at radius 3 is 2.80 bits per heavy atom. The molecule has 0 unspecified atom stereocenters. The molecule has 6 rings (SSSR count). The Hall–Kier alpha value is -4.32. The molecule has 0 saturated carbocycles. The van der Waals surface area contributed by atoms with Crippen molar-refractivity contribution < 1.29 is 9.53 Å². The summed E-state index contributed by atoms with van der Waals surface area (Å²) in [5, 5.41) is 18.8. The molecule has 0 saturated heterocycles. The number of aromatic nitrogens is 4. The number of methoxy groups -OCH3 is 1. The standard InChI is InChI=1S/C29H29N7O3S/c1-17-10-20(21(16-39-3)22(11-17)31-29(38)26-12-18-6-4-5-7-25(18)40-26)23-14-24(28(37)33-32-23)30-27-13-19-15-35(2)8-9-36(19)34-27/h4-7,10-14H,8-9,15-16H2,1-3H3,(H,31,38)(H,33,37)(H,30,32,34). The van der Waals surface area contributed by atoms with Crippen molar-refractivity contribution in [1.29, 1.82) is 0 Å². The summed E-state index contributed by atoms with van der Waals surface area (Å²) < 4.78 is 8.54. The van der Waals surface area contributed by atoms with Crippen molar-refractivity contribution in [1.82, 2.24) is 24.9 Å². The van der Waals surface area contributed by atoms with Gasteiger partial charge in [-0.15, -0.1) is 11.3 Å². The van der Waals surface area contributed by atoms with E-state index in [1.165, 1.54) is 11.3 Å². The number of aryl methyl sites for hydroxylation is 1. The summed E-state index contributed by atoms with van der Waals surface area (Å²) in [6.07, 6.45) is 0. The van der Waals surface area contributed by atoms with Gasteiger partial charge in [-0.2, -0.15) is 10.2 Å². The van der Waals surface area contributed by atoms with Crippen LogP contribution in [0.15, 0.2) is 59.4 Å². The summed E-state index contributed by atoms with van der Waals surface area (Å²) in [7, 11) is 3.68. The van der Waals surface area contributed by atoms with E-state index in [1.807, 2.05) is 60.1 Å². The molecular formula is C29H29N7O3S. The number of thiophene rings is 1. The fourth-order valence-corrected chi connectivity index (χ4v) is 5.92. The molecule has 0 atom stereocenters. The first-order chi connectivity index (χ1) is 19.4. The zero-order valence-electron chi connectivity index (χ0n) is 22.4. The number of hydrogen-bond donors (Lipinski definition) is 3. The van der Waals surface area contributed by atoms with Gasteiger partial charge in [-0.05, 0) is 55.3 Å². The number of benzene rings is 2. The fraction of sp³-hybridized carbons (Fsp3) is 0.241. The number of aromatic amines is 1. The zero-order valence-corrected chi connectivity index (χ0v) is 23.3. The van der Waals surface area contributed by atoms with Crippen LogP contribution in [0.25, 0.3) is 21.3 Å². The molecule has 0 fully saturated rings. The first-order valence-electron chi connectivity index (χ1n) is 12.9. The second-order valence-corrected chi connectivity index (χ2v) is 11.1. The Kier molecular flexibility index (Phi) is 6.93. The van der Waals surface area contributed by atoms with Crippen LogP contribution in [0.4, 0.5) is 17.2 Å². The van der Waals surface area contributed by atoms with E-state index in [1.54, 1.807) is 13.2 Å². The van der Waals surface area contributed by atoms with Crippen LogP contribution in [-0.4, -0.2) is 51.5 Å². The van der Waals surface area contributed by atoms with E-state index >= 15 is 0 Å². The van der Waals surface area contributed by atoms with Crippen LogP contribution < -0.4 is 16.2 Å². The molecule has 40 heavy (non-hydrogen) atoms. The van der Waals surface area contributed by atoms with E-state index in [0.717, 1.165) is 52.1 Å². The molecule has 0 radical (unpaired) electrons. The maximum Gasteiger partial charge on any atom is 0.287 e. The number of ether oxygens (including phenoxy) is 1. The molecule has 0 spiro atoms. The Morgan fingerprint density at radius 2 is 1.98 bits per heavy atom. The van der Waals surface area contributed by atoms with Crippen molar-refractivity contribution in [2.45, 2.75) is 26.6 Å². The Bertz CT molecular complexity index is 1760. The number of amides is 1. The lowest BCUT2D eigenvalue weighted by atomic mass is 9.99. The maximum absolute atomic E-state index is 13.3. The number of carbonyl (C=O) groups is 1. The maximum atomic E-state index is 13.3. The van der Waals surface area contributed by atoms with Gasteiger partial charge >= 0.3 is 0 Å². The van der Waals surface area contributed by atoms with E-state index in [4.69, 9.17) is 4.74 Å². The first kappa shape index (κ1) is 25.9. The molecule has 11 heteroatoms. The minimum Gasteiger partial charge on any atom is -0.380 e. The number of fused-ring (bicyclic) bond motifs is 2. The van der Waals surface area contributed by atoms with Crippen LogP contribution in [0, 0.1) is 6.92 Å². The van der Waals surface area contributed by atoms with Crippen LogP contribution in [0.5, 0.6) is 0 Å². The molecule has 2 aromatic carbocycles. The third-order valence-electron chi connectivity index (χ3n) is 6.91. The summed E-state index contributed by atoms with van der Waals surface area (Å²) in [5.41, 5.74) is 4.66. The summed E-state index contributed by atoms with van der Waals surface area (Å²) in [6.45, 7) is 4.71. The Balaban J connectivity index is 1.33. The topological polar surface area (TPSA) is 117 Å². The number of hydrogen-bond acceptors (Lipinski definition) is 8. The highest BCUT2D eigenvalue weighted by atomic mass is 32.1. The van der Waals surface area contributed by atoms with Crippen molar-refractivity contribution in [2.24, 2.45) is 0 Å². The smallest absolute Gasteiger partial charge is 0.287 e. The van der Waals surface area contributed by atoms with E-state index in [2.05, 4.69) is 37.9 Å². The molecule has 4 heterocycles. The lowest BCUT2D eigenvalue weighted by molar-refractivity contribution is 0.103. The van der Waals surface area contributed by atoms with Gasteiger partial charge in [-0.3, -0.25) is 19.2 Å². The number of rotatable bonds is 7. The van der Waals surface area contributed by atoms with Crippen LogP contribution >= 0.6 is 11.3 Å². The van der Waals surface area contributed by atoms with Crippen molar-refractivity contribution in [3.05, 3.63) is 86.6 Å². The predicted molar refractivity (Wildman–Crippen MR) is 157 cm³/mol. The van der Waals surface area contributed by atoms with Gasteiger partial charge in [0.25, 0.3) is 11.5 Å². The van der Waals surface area contributed by atoms with Gasteiger partial charge in [0.1, 0.15) is 5.69 Å². The van der Waals surface area contributed by atoms with Crippen LogP contribution in [0.1, 0.15) is 26.5 Å². The zero-order chi connectivity index (χ0) is 27.8. The molecule has 1 aliphatic rings. The van der Waals surface area contributed by atoms with Crippen LogP contribution in [0.3, 0.4) is 0 Å². The van der Waals surface area contributed by atoms with Gasteiger partial charge < -0.3 is 15.4 Å². The molecular weight excluding hydrogens is 526 g/mol. The molecule has 0 bridgehead atoms. The SMILES string of the molecule is COCc1c(NC(=O)c2cc3ccccc3s2)cc(C)cc1-c1cc(Nc2cc3n(n2)CCN(C)C3)c(=O)[nH]n1. The van der Waals surface area contributed by atoms with Crippen LogP contribution in [-0.2, 0) is 24.4 Å². The molecule has 5 aromatic rings. The molecule has 204 valence electrons. The fourth-order valence-electron chi connectivity index (χ4n) is 4.97. The normalized spacial score (nSPS) is 13.4. The Morgan fingerprint density at radius 1 is 1.12 bits per heavy atom. The summed E-state index contributed by atoms with van der Waals surface area (Å²) >= 11 is 1.45. The first-order valence-corrected chi connectivity index (χ1v) is 13.7. The van der Waals surface area contributed by atoms with E-state index < -0.39 is 0 Å². The molecule has 3 N–H and O–H groups in total. The number of nitrogens with zero attached hydrogens (tertiary/aromatic N) is 4. The number of likely N-dealkylation sites (N-methyl/N-ethyl adjacent to an activating group) is 1. The molecule has 0 aliphatic carbocycles. The van der Waals surface area contributed by atoms with Gasteiger partial charge in [-0.1, -0.05) is 18.2 Å². The minimum atomic E-state index is -0.355. The highest BCUT2D eigenvalue weighted by molar-refractivity contribution is 7.20. The van der Waals surface area contributed by atoms with Crippen LogP contribution in [0.2, 0.25) is 0 Å². The second kappa shape index (κ2) is 10.7. The quantitative estimate of drug-likeness (QED) is 0.265.